The molecule has 1 aromatic rings. The topological polar surface area (TPSA) is 37.0 Å². The fourth-order valence-corrected chi connectivity index (χ4v) is 1.14. The molecule has 0 spiro atoms. The average molecular weight is 214 g/mol. The van der Waals surface area contributed by atoms with Gasteiger partial charge in [-0.15, -0.1) is 0 Å². The largest absolute Gasteiger partial charge is 0.369 e. The Bertz CT molecular complexity index is 259. The maximum atomic E-state index is 5.71. The van der Waals surface area contributed by atoms with Crippen molar-refractivity contribution >= 4 is 17.4 Å². The van der Waals surface area contributed by atoms with E-state index in [1.807, 2.05) is 12.1 Å². The van der Waals surface area contributed by atoms with E-state index in [4.69, 9.17) is 11.6 Å². The van der Waals surface area contributed by atoms with Crippen LogP contribution in [0.5, 0.6) is 0 Å². The van der Waals surface area contributed by atoms with Gasteiger partial charge in [0, 0.05) is 25.3 Å². The normalized spacial score (nSPS) is 10.6. The van der Waals surface area contributed by atoms with Gasteiger partial charge in [-0.05, 0) is 12.1 Å². The summed E-state index contributed by atoms with van der Waals surface area (Å²) < 4.78 is 0. The molecule has 0 fully saturated rings. The van der Waals surface area contributed by atoms with Crippen molar-refractivity contribution in [3.05, 3.63) is 23.4 Å². The zero-order chi connectivity index (χ0) is 10.4. The zero-order valence-electron chi connectivity index (χ0n) is 8.55. The molecule has 1 aromatic heterocycles. The molecule has 0 aromatic carbocycles. The van der Waals surface area contributed by atoms with Gasteiger partial charge in [0.05, 0.1) is 5.02 Å². The van der Waals surface area contributed by atoms with Crippen LogP contribution in [0.1, 0.15) is 13.8 Å². The highest BCUT2D eigenvalue weighted by atomic mass is 35.5. The first-order valence-corrected chi connectivity index (χ1v) is 5.15. The van der Waals surface area contributed by atoms with Crippen LogP contribution >= 0.6 is 11.6 Å². The highest BCUT2D eigenvalue weighted by molar-refractivity contribution is 6.30. The number of hydrogen-bond acceptors (Lipinski definition) is 3. The summed E-state index contributed by atoms with van der Waals surface area (Å²) in [6, 6.07) is 4.22. The van der Waals surface area contributed by atoms with Gasteiger partial charge < -0.3 is 10.6 Å². The molecule has 0 saturated carbocycles. The van der Waals surface area contributed by atoms with E-state index in [9.17, 15) is 0 Å². The molecule has 0 radical (unpaired) electrons. The number of anilines is 1. The van der Waals surface area contributed by atoms with Crippen LogP contribution in [0.15, 0.2) is 18.3 Å². The Morgan fingerprint density at radius 3 is 2.71 bits per heavy atom. The van der Waals surface area contributed by atoms with Gasteiger partial charge in [0.1, 0.15) is 5.82 Å². The first-order valence-electron chi connectivity index (χ1n) is 4.77. The molecule has 0 aliphatic carbocycles. The lowest BCUT2D eigenvalue weighted by molar-refractivity contribution is 0.602. The van der Waals surface area contributed by atoms with Gasteiger partial charge in [0.2, 0.25) is 0 Å². The Morgan fingerprint density at radius 2 is 2.14 bits per heavy atom. The van der Waals surface area contributed by atoms with Crippen LogP contribution in [0.4, 0.5) is 5.82 Å². The molecular weight excluding hydrogens is 198 g/mol. The van der Waals surface area contributed by atoms with Crippen molar-refractivity contribution < 1.29 is 0 Å². The van der Waals surface area contributed by atoms with Crippen LogP contribution < -0.4 is 10.6 Å². The molecule has 14 heavy (non-hydrogen) atoms. The fourth-order valence-electron chi connectivity index (χ4n) is 1.03. The summed E-state index contributed by atoms with van der Waals surface area (Å²) in [7, 11) is 0. The summed E-state index contributed by atoms with van der Waals surface area (Å²) in [5, 5.41) is 7.17. The van der Waals surface area contributed by atoms with E-state index in [0.29, 0.717) is 11.1 Å². The Labute approximate surface area is 89.9 Å². The molecular formula is C10H16ClN3. The number of aromatic nitrogens is 1. The Hall–Kier alpha value is -0.800. The first kappa shape index (κ1) is 11.3. The van der Waals surface area contributed by atoms with E-state index in [-0.39, 0.29) is 0 Å². The monoisotopic (exact) mass is 213 g/mol. The third-order valence-electron chi connectivity index (χ3n) is 1.71. The number of nitrogens with zero attached hydrogens (tertiary/aromatic N) is 1. The van der Waals surface area contributed by atoms with Crippen molar-refractivity contribution in [3.63, 3.8) is 0 Å². The molecule has 0 aliphatic rings. The molecule has 2 N–H and O–H groups in total. The van der Waals surface area contributed by atoms with Crippen LogP contribution in [0.25, 0.3) is 0 Å². The molecule has 1 rings (SSSR count). The van der Waals surface area contributed by atoms with Crippen LogP contribution in [0.2, 0.25) is 5.02 Å². The second-order valence-electron chi connectivity index (χ2n) is 3.40. The summed E-state index contributed by atoms with van der Waals surface area (Å²) in [5.74, 6) is 0.861. The fraction of sp³-hybridized carbons (Fsp3) is 0.500. The van der Waals surface area contributed by atoms with Crippen molar-refractivity contribution in [1.29, 1.82) is 0 Å². The highest BCUT2D eigenvalue weighted by Gasteiger charge is 1.94. The summed E-state index contributed by atoms with van der Waals surface area (Å²) in [5.41, 5.74) is 0. The van der Waals surface area contributed by atoms with Crippen molar-refractivity contribution in [2.24, 2.45) is 0 Å². The van der Waals surface area contributed by atoms with E-state index in [1.54, 1.807) is 6.20 Å². The van der Waals surface area contributed by atoms with Crippen molar-refractivity contribution in [2.75, 3.05) is 18.4 Å². The van der Waals surface area contributed by atoms with Crippen molar-refractivity contribution in [2.45, 2.75) is 19.9 Å². The molecule has 4 heteroatoms. The third-order valence-corrected chi connectivity index (χ3v) is 1.93. The van der Waals surface area contributed by atoms with Crippen molar-refractivity contribution in [1.82, 2.24) is 10.3 Å². The maximum absolute atomic E-state index is 5.71. The smallest absolute Gasteiger partial charge is 0.126 e. The van der Waals surface area contributed by atoms with Gasteiger partial charge in [0.25, 0.3) is 0 Å². The molecule has 1 heterocycles. The predicted octanol–water partition coefficient (Wildman–Crippen LogP) is 2.14. The zero-order valence-corrected chi connectivity index (χ0v) is 9.30. The van der Waals surface area contributed by atoms with Crippen LogP contribution in [0.3, 0.4) is 0 Å². The quantitative estimate of drug-likeness (QED) is 0.736. The van der Waals surface area contributed by atoms with E-state index < -0.39 is 0 Å². The van der Waals surface area contributed by atoms with E-state index in [0.717, 1.165) is 18.9 Å². The molecule has 0 amide bonds. The minimum absolute atomic E-state index is 0.523. The summed E-state index contributed by atoms with van der Waals surface area (Å²) in [6.07, 6.45) is 1.64. The van der Waals surface area contributed by atoms with E-state index in [1.165, 1.54) is 0 Å². The van der Waals surface area contributed by atoms with E-state index >= 15 is 0 Å². The van der Waals surface area contributed by atoms with Crippen LogP contribution in [-0.4, -0.2) is 24.1 Å². The highest BCUT2D eigenvalue weighted by Crippen LogP contribution is 2.08. The second kappa shape index (κ2) is 5.83. The SMILES string of the molecule is CC(C)NCCNc1ccc(Cl)cn1. The Kier molecular flexibility index (Phi) is 4.70. The second-order valence-corrected chi connectivity index (χ2v) is 3.83. The van der Waals surface area contributed by atoms with Gasteiger partial charge in [-0.2, -0.15) is 0 Å². The standard InChI is InChI=1S/C10H16ClN3/c1-8(2)12-5-6-13-10-4-3-9(11)7-14-10/h3-4,7-8,12H,5-6H2,1-2H3,(H,13,14). The minimum atomic E-state index is 0.523. The lowest BCUT2D eigenvalue weighted by atomic mass is 10.4. The Balaban J connectivity index is 2.21. The third kappa shape index (κ3) is 4.44. The first-order chi connectivity index (χ1) is 6.68. The molecule has 78 valence electrons. The number of rotatable bonds is 5. The number of pyridine rings is 1. The molecule has 0 atom stereocenters. The lowest BCUT2D eigenvalue weighted by Crippen LogP contribution is -2.28. The van der Waals surface area contributed by atoms with Gasteiger partial charge in [-0.3, -0.25) is 0 Å². The number of halogens is 1. The number of nitrogens with one attached hydrogen (secondary N) is 2. The number of hydrogen-bond donors (Lipinski definition) is 2. The molecule has 0 saturated heterocycles. The van der Waals surface area contributed by atoms with Gasteiger partial charge in [-0.1, -0.05) is 25.4 Å². The van der Waals surface area contributed by atoms with Crippen molar-refractivity contribution in [3.8, 4) is 0 Å². The lowest BCUT2D eigenvalue weighted by Gasteiger charge is -2.09. The summed E-state index contributed by atoms with van der Waals surface area (Å²) >= 11 is 5.71. The molecule has 0 aliphatic heterocycles. The Morgan fingerprint density at radius 1 is 1.36 bits per heavy atom. The van der Waals surface area contributed by atoms with Gasteiger partial charge in [-0.25, -0.2) is 4.98 Å². The minimum Gasteiger partial charge on any atom is -0.369 e. The van der Waals surface area contributed by atoms with E-state index in [2.05, 4.69) is 29.5 Å². The molecule has 0 unspecified atom stereocenters. The van der Waals surface area contributed by atoms with Gasteiger partial charge in [0.15, 0.2) is 0 Å². The summed E-state index contributed by atoms with van der Waals surface area (Å²) in [6.45, 7) is 6.05. The van der Waals surface area contributed by atoms with Crippen LogP contribution in [-0.2, 0) is 0 Å². The van der Waals surface area contributed by atoms with Crippen LogP contribution in [0, 0.1) is 0 Å². The maximum Gasteiger partial charge on any atom is 0.126 e. The molecule has 0 bridgehead atoms. The average Bonchev–Trinajstić information content (AvgIpc) is 2.15. The molecule has 3 nitrogen and oxygen atoms in total. The van der Waals surface area contributed by atoms with Gasteiger partial charge >= 0.3 is 0 Å². The summed E-state index contributed by atoms with van der Waals surface area (Å²) in [4.78, 5) is 4.12. The predicted molar refractivity (Wildman–Crippen MR) is 60.9 cm³/mol.